The van der Waals surface area contributed by atoms with Crippen molar-refractivity contribution in [2.24, 2.45) is 5.73 Å². The van der Waals surface area contributed by atoms with Crippen LogP contribution in [0.25, 0.3) is 0 Å². The number of amides is 2. The Hall–Kier alpha value is -2.53. The summed E-state index contributed by atoms with van der Waals surface area (Å²) < 4.78 is 0. The smallest absolute Gasteiger partial charge is 0.319 e. The molecule has 3 rings (SSSR count). The van der Waals surface area contributed by atoms with Crippen LogP contribution < -0.4 is 10.6 Å². The molecule has 2 amide bonds. The van der Waals surface area contributed by atoms with E-state index < -0.39 is 6.03 Å². The lowest BCUT2D eigenvalue weighted by Gasteiger charge is -2.25. The first-order valence-electron chi connectivity index (χ1n) is 10.8. The largest absolute Gasteiger partial charge is 0.351 e. The van der Waals surface area contributed by atoms with Crippen molar-refractivity contribution in [1.29, 1.82) is 0 Å². The monoisotopic (exact) mass is 469 g/mol. The maximum absolute atomic E-state index is 12.0. The summed E-state index contributed by atoms with van der Waals surface area (Å²) >= 11 is 12.0. The highest BCUT2D eigenvalue weighted by Gasteiger charge is 2.13. The molecule has 2 N–H and O–H groups in total. The molecule has 0 bridgehead atoms. The van der Waals surface area contributed by atoms with Crippen molar-refractivity contribution in [3.8, 4) is 0 Å². The minimum absolute atomic E-state index is 0.426. The third-order valence-corrected chi connectivity index (χ3v) is 5.95. The maximum Gasteiger partial charge on any atom is 0.319 e. The first-order valence-corrected chi connectivity index (χ1v) is 11.6. The summed E-state index contributed by atoms with van der Waals surface area (Å²) in [6.45, 7) is 3.31. The van der Waals surface area contributed by atoms with Gasteiger partial charge >= 0.3 is 6.03 Å². The van der Waals surface area contributed by atoms with Gasteiger partial charge in [0.1, 0.15) is 0 Å². The topological polar surface area (TPSA) is 49.6 Å². The number of primary amides is 1. The van der Waals surface area contributed by atoms with Gasteiger partial charge in [-0.25, -0.2) is 4.79 Å². The number of carbonyl (C=O) groups excluding carboxylic acids is 1. The van der Waals surface area contributed by atoms with Gasteiger partial charge in [0, 0.05) is 35.4 Å². The second kappa shape index (κ2) is 12.5. The molecule has 0 aliphatic heterocycles. The molecule has 0 heterocycles. The van der Waals surface area contributed by atoms with Gasteiger partial charge in [-0.15, -0.1) is 0 Å². The molecule has 3 aromatic carbocycles. The van der Waals surface area contributed by atoms with Crippen LogP contribution in [0.3, 0.4) is 0 Å². The van der Waals surface area contributed by atoms with Gasteiger partial charge in [-0.1, -0.05) is 65.7 Å². The van der Waals surface area contributed by atoms with Gasteiger partial charge in [-0.3, -0.25) is 4.90 Å². The molecular formula is C26H29Cl2N3O. The van der Waals surface area contributed by atoms with Crippen LogP contribution in [0.4, 0.5) is 10.5 Å². The number of para-hydroxylation sites is 1. The third kappa shape index (κ3) is 7.86. The van der Waals surface area contributed by atoms with Crippen molar-refractivity contribution < 1.29 is 4.79 Å². The summed E-state index contributed by atoms with van der Waals surface area (Å²) in [5, 5.41) is 1.50. The number of nitrogens with zero attached hydrogens (tertiary/aromatic N) is 2. The van der Waals surface area contributed by atoms with Gasteiger partial charge in [0.2, 0.25) is 0 Å². The average Bonchev–Trinajstić information content (AvgIpc) is 2.80. The zero-order chi connectivity index (χ0) is 22.8. The quantitative estimate of drug-likeness (QED) is 0.371. The van der Waals surface area contributed by atoms with Gasteiger partial charge in [-0.2, -0.15) is 0 Å². The number of anilines is 1. The molecule has 168 valence electrons. The maximum atomic E-state index is 12.0. The van der Waals surface area contributed by atoms with Crippen LogP contribution in [0.1, 0.15) is 17.5 Å². The van der Waals surface area contributed by atoms with E-state index in [4.69, 9.17) is 28.9 Å². The minimum Gasteiger partial charge on any atom is -0.351 e. The molecule has 0 radical (unpaired) electrons. The first kappa shape index (κ1) is 24.1. The molecule has 0 saturated heterocycles. The van der Waals surface area contributed by atoms with Gasteiger partial charge in [0.25, 0.3) is 0 Å². The van der Waals surface area contributed by atoms with Crippen LogP contribution in [-0.4, -0.2) is 37.1 Å². The lowest BCUT2D eigenvalue weighted by atomic mass is 10.1. The molecule has 0 atom stereocenters. The molecule has 32 heavy (non-hydrogen) atoms. The fraction of sp³-hybridized carbons (Fsp3) is 0.269. The second-order valence-corrected chi connectivity index (χ2v) is 8.65. The summed E-state index contributed by atoms with van der Waals surface area (Å²) in [5.41, 5.74) is 8.98. The molecule has 4 nitrogen and oxygen atoms in total. The molecule has 0 unspecified atom stereocenters. The number of hydrogen-bond acceptors (Lipinski definition) is 2. The fourth-order valence-electron chi connectivity index (χ4n) is 3.64. The third-order valence-electron chi connectivity index (χ3n) is 5.45. The molecular weight excluding hydrogens is 441 g/mol. The number of halogens is 2. The van der Waals surface area contributed by atoms with Crippen molar-refractivity contribution in [3.63, 3.8) is 0 Å². The predicted molar refractivity (Wildman–Crippen MR) is 135 cm³/mol. The molecule has 0 fully saturated rings. The molecule has 0 aliphatic carbocycles. The molecule has 0 saturated carbocycles. The van der Waals surface area contributed by atoms with E-state index in [-0.39, 0.29) is 0 Å². The Balaban J connectivity index is 1.59. The van der Waals surface area contributed by atoms with Crippen molar-refractivity contribution in [3.05, 3.63) is 100 Å². The van der Waals surface area contributed by atoms with Crippen LogP contribution in [0.15, 0.2) is 78.9 Å². The standard InChI is InChI=1S/C26H29Cl2N3O/c27-23-11-7-21(8-12-23)15-19-30(20-16-22-9-13-24(28)14-10-22)17-4-18-31(26(29)32)25-5-2-1-3-6-25/h1-3,5-14H,4,15-20H2,(H2,29,32). The van der Waals surface area contributed by atoms with E-state index in [0.717, 1.165) is 54.6 Å². The van der Waals surface area contributed by atoms with Crippen LogP contribution in [0.5, 0.6) is 0 Å². The summed E-state index contributed by atoms with van der Waals surface area (Å²) in [4.78, 5) is 16.0. The Morgan fingerprint density at radius 1 is 0.688 bits per heavy atom. The van der Waals surface area contributed by atoms with E-state index in [9.17, 15) is 4.79 Å². The number of carbonyl (C=O) groups is 1. The van der Waals surface area contributed by atoms with Crippen LogP contribution >= 0.6 is 23.2 Å². The number of rotatable bonds is 11. The SMILES string of the molecule is NC(=O)N(CCCN(CCc1ccc(Cl)cc1)CCc1ccc(Cl)cc1)c1ccccc1. The number of nitrogens with two attached hydrogens (primary N) is 1. The predicted octanol–water partition coefficient (Wildman–Crippen LogP) is 6.06. The van der Waals surface area contributed by atoms with Gasteiger partial charge < -0.3 is 10.6 Å². The number of benzene rings is 3. The van der Waals surface area contributed by atoms with Crippen molar-refractivity contribution >= 4 is 34.9 Å². The van der Waals surface area contributed by atoms with E-state index in [2.05, 4.69) is 29.2 Å². The van der Waals surface area contributed by atoms with Crippen LogP contribution in [0, 0.1) is 0 Å². The summed E-state index contributed by atoms with van der Waals surface area (Å²) in [6.07, 6.45) is 2.71. The fourth-order valence-corrected chi connectivity index (χ4v) is 3.89. The van der Waals surface area contributed by atoms with Crippen LogP contribution in [0.2, 0.25) is 10.0 Å². The number of hydrogen-bond donors (Lipinski definition) is 1. The van der Waals surface area contributed by atoms with Crippen molar-refractivity contribution in [1.82, 2.24) is 4.90 Å². The zero-order valence-electron chi connectivity index (χ0n) is 18.1. The zero-order valence-corrected chi connectivity index (χ0v) is 19.6. The Morgan fingerprint density at radius 2 is 1.19 bits per heavy atom. The van der Waals surface area contributed by atoms with Crippen molar-refractivity contribution in [2.75, 3.05) is 31.1 Å². The Morgan fingerprint density at radius 3 is 1.66 bits per heavy atom. The lowest BCUT2D eigenvalue weighted by Crippen LogP contribution is -2.38. The second-order valence-electron chi connectivity index (χ2n) is 7.77. The average molecular weight is 470 g/mol. The summed E-state index contributed by atoms with van der Waals surface area (Å²) in [6, 6.07) is 25.2. The Labute approximate surface area is 200 Å². The van der Waals surface area contributed by atoms with E-state index in [0.29, 0.717) is 6.54 Å². The molecule has 6 heteroatoms. The summed E-state index contributed by atoms with van der Waals surface area (Å²) in [5.74, 6) is 0. The van der Waals surface area contributed by atoms with Gasteiger partial charge in [0.15, 0.2) is 0 Å². The van der Waals surface area contributed by atoms with Crippen LogP contribution in [-0.2, 0) is 12.8 Å². The van der Waals surface area contributed by atoms with Gasteiger partial charge in [0.05, 0.1) is 0 Å². The highest BCUT2D eigenvalue weighted by atomic mass is 35.5. The van der Waals surface area contributed by atoms with Gasteiger partial charge in [-0.05, 0) is 73.3 Å². The normalized spacial score (nSPS) is 11.0. The summed E-state index contributed by atoms with van der Waals surface area (Å²) in [7, 11) is 0. The molecule has 0 aromatic heterocycles. The molecule has 0 aliphatic rings. The van der Waals surface area contributed by atoms with E-state index in [1.165, 1.54) is 11.1 Å². The first-order chi connectivity index (χ1) is 15.5. The van der Waals surface area contributed by atoms with E-state index in [1.807, 2.05) is 54.6 Å². The Bertz CT molecular complexity index is 913. The minimum atomic E-state index is -0.426. The number of urea groups is 1. The molecule has 3 aromatic rings. The highest BCUT2D eigenvalue weighted by Crippen LogP contribution is 2.15. The Kier molecular flexibility index (Phi) is 9.42. The lowest BCUT2D eigenvalue weighted by molar-refractivity contribution is 0.251. The van der Waals surface area contributed by atoms with Crippen molar-refractivity contribution in [2.45, 2.75) is 19.3 Å². The van der Waals surface area contributed by atoms with E-state index in [1.54, 1.807) is 4.90 Å². The highest BCUT2D eigenvalue weighted by molar-refractivity contribution is 6.30. The van der Waals surface area contributed by atoms with E-state index >= 15 is 0 Å². The molecule has 0 spiro atoms.